The smallest absolute Gasteiger partial charge is 0.254 e. The largest absolute Gasteiger partial charge is 0.340 e. The molecule has 1 fully saturated rings. The number of carbonyl (C=O) groups is 1. The molecular weight excluding hydrogens is 400 g/mol. The van der Waals surface area contributed by atoms with Crippen LogP contribution >= 0.6 is 0 Å². The number of hydrogen-bond acceptors (Lipinski definition) is 4. The number of para-hydroxylation sites is 2. The third-order valence-corrected chi connectivity index (χ3v) is 7.71. The molecule has 30 heavy (non-hydrogen) atoms. The lowest BCUT2D eigenvalue weighted by Crippen LogP contribution is -2.32. The fourth-order valence-electron chi connectivity index (χ4n) is 4.09. The number of hydrogen-bond donors (Lipinski definition) is 1. The number of aromatic amines is 1. The highest BCUT2D eigenvalue weighted by Crippen LogP contribution is 2.33. The molecule has 1 amide bonds. The number of aromatic nitrogens is 2. The maximum atomic E-state index is 13.3. The molecule has 4 rings (SSSR count). The van der Waals surface area contributed by atoms with E-state index in [4.69, 9.17) is 0 Å². The Balaban J connectivity index is 1.64. The molecule has 1 aliphatic heterocycles. The number of fused-ring (bicyclic) bond motifs is 1. The Kier molecular flexibility index (Phi) is 5.62. The molecule has 1 aliphatic rings. The zero-order chi connectivity index (χ0) is 21.3. The first-order valence-electron chi connectivity index (χ1n) is 10.3. The second-order valence-corrected chi connectivity index (χ2v) is 9.35. The molecule has 0 radical (unpaired) electrons. The summed E-state index contributed by atoms with van der Waals surface area (Å²) < 4.78 is 27.1. The first-order chi connectivity index (χ1) is 14.5. The topological polar surface area (TPSA) is 86.4 Å². The van der Waals surface area contributed by atoms with E-state index in [2.05, 4.69) is 9.97 Å². The van der Waals surface area contributed by atoms with Crippen LogP contribution in [0.5, 0.6) is 0 Å². The van der Waals surface area contributed by atoms with Gasteiger partial charge in [-0.2, -0.15) is 4.31 Å². The van der Waals surface area contributed by atoms with Crippen molar-refractivity contribution >= 4 is 27.0 Å². The van der Waals surface area contributed by atoms with Crippen LogP contribution in [-0.2, 0) is 10.0 Å². The van der Waals surface area contributed by atoms with Crippen LogP contribution in [0.15, 0.2) is 53.4 Å². The van der Waals surface area contributed by atoms with Crippen molar-refractivity contribution < 1.29 is 13.2 Å². The third kappa shape index (κ3) is 3.61. The van der Waals surface area contributed by atoms with Gasteiger partial charge >= 0.3 is 0 Å². The van der Waals surface area contributed by atoms with E-state index >= 15 is 0 Å². The predicted octanol–water partition coefficient (Wildman–Crippen LogP) is 3.57. The summed E-state index contributed by atoms with van der Waals surface area (Å²) in [4.78, 5) is 23.3. The highest BCUT2D eigenvalue weighted by molar-refractivity contribution is 7.89. The molecule has 0 aliphatic carbocycles. The van der Waals surface area contributed by atoms with Gasteiger partial charge < -0.3 is 9.88 Å². The number of carbonyl (C=O) groups excluding carboxylic acids is 1. The first kappa shape index (κ1) is 20.6. The van der Waals surface area contributed by atoms with Gasteiger partial charge in [0.2, 0.25) is 10.0 Å². The average molecular weight is 427 g/mol. The van der Waals surface area contributed by atoms with E-state index in [0.29, 0.717) is 25.2 Å². The van der Waals surface area contributed by atoms with Crippen LogP contribution in [0.2, 0.25) is 0 Å². The van der Waals surface area contributed by atoms with Gasteiger partial charge in [0.1, 0.15) is 5.82 Å². The van der Waals surface area contributed by atoms with Gasteiger partial charge in [-0.3, -0.25) is 4.79 Å². The molecule has 7 nitrogen and oxygen atoms in total. The van der Waals surface area contributed by atoms with Crippen LogP contribution in [0.1, 0.15) is 48.9 Å². The predicted molar refractivity (Wildman–Crippen MR) is 116 cm³/mol. The summed E-state index contributed by atoms with van der Waals surface area (Å²) in [6.45, 7) is 5.00. The van der Waals surface area contributed by atoms with Crippen LogP contribution < -0.4 is 0 Å². The minimum atomic E-state index is -3.62. The first-order valence-corrected chi connectivity index (χ1v) is 11.8. The highest BCUT2D eigenvalue weighted by atomic mass is 32.2. The summed E-state index contributed by atoms with van der Waals surface area (Å²) in [5.74, 6) is 0.600. The lowest BCUT2D eigenvalue weighted by Gasteiger charge is -2.24. The number of nitrogens with one attached hydrogen (secondary N) is 1. The molecule has 8 heteroatoms. The van der Waals surface area contributed by atoms with Crippen molar-refractivity contribution in [2.75, 3.05) is 19.6 Å². The minimum absolute atomic E-state index is 0.145. The molecule has 1 aromatic heterocycles. The van der Waals surface area contributed by atoms with Crippen molar-refractivity contribution in [3.63, 3.8) is 0 Å². The molecule has 2 aromatic carbocycles. The van der Waals surface area contributed by atoms with E-state index in [1.807, 2.05) is 24.3 Å². The van der Waals surface area contributed by atoms with Crippen LogP contribution in [0.25, 0.3) is 11.0 Å². The zero-order valence-corrected chi connectivity index (χ0v) is 18.0. The SMILES string of the molecule is CCN(CC)S(=O)(=O)c1cccc(C(=O)N2CCC[C@@H]2c2nc3ccccc3[nH]2)c1. The van der Waals surface area contributed by atoms with Crippen LogP contribution in [0, 0.1) is 0 Å². The summed E-state index contributed by atoms with van der Waals surface area (Å²) in [6.07, 6.45) is 1.70. The molecule has 1 N–H and O–H groups in total. The van der Waals surface area contributed by atoms with Gasteiger partial charge in [-0.1, -0.05) is 32.0 Å². The van der Waals surface area contributed by atoms with Crippen LogP contribution in [0.4, 0.5) is 0 Å². The molecule has 1 saturated heterocycles. The van der Waals surface area contributed by atoms with Gasteiger partial charge in [-0.15, -0.1) is 0 Å². The molecule has 0 unspecified atom stereocenters. The summed E-state index contributed by atoms with van der Waals surface area (Å²) in [5, 5.41) is 0. The number of benzene rings is 2. The van der Waals surface area contributed by atoms with E-state index < -0.39 is 10.0 Å². The average Bonchev–Trinajstić information content (AvgIpc) is 3.40. The Bertz CT molecular complexity index is 1130. The van der Waals surface area contributed by atoms with Crippen molar-refractivity contribution in [2.45, 2.75) is 37.6 Å². The van der Waals surface area contributed by atoms with Gasteiger partial charge in [0.05, 0.1) is 22.0 Å². The van der Waals surface area contributed by atoms with Crippen LogP contribution in [0.3, 0.4) is 0 Å². The van der Waals surface area contributed by atoms with Crippen molar-refractivity contribution in [3.8, 4) is 0 Å². The monoisotopic (exact) mass is 426 g/mol. The Morgan fingerprint density at radius 3 is 2.67 bits per heavy atom. The number of H-pyrrole nitrogens is 1. The highest BCUT2D eigenvalue weighted by Gasteiger charge is 2.33. The molecule has 3 aromatic rings. The Morgan fingerprint density at radius 2 is 1.93 bits per heavy atom. The fraction of sp³-hybridized carbons (Fsp3) is 0.364. The van der Waals surface area contributed by atoms with Gasteiger partial charge in [-0.05, 0) is 43.2 Å². The molecule has 158 valence electrons. The Morgan fingerprint density at radius 1 is 1.17 bits per heavy atom. The minimum Gasteiger partial charge on any atom is -0.340 e. The van der Waals surface area contributed by atoms with Gasteiger partial charge in [-0.25, -0.2) is 13.4 Å². The lowest BCUT2D eigenvalue weighted by molar-refractivity contribution is 0.0730. The molecule has 0 saturated carbocycles. The van der Waals surface area contributed by atoms with E-state index in [1.54, 1.807) is 36.9 Å². The molecule has 0 bridgehead atoms. The summed E-state index contributed by atoms with van der Waals surface area (Å²) in [7, 11) is -3.62. The molecule has 0 spiro atoms. The number of amides is 1. The fourth-order valence-corrected chi connectivity index (χ4v) is 5.60. The van der Waals surface area contributed by atoms with Crippen molar-refractivity contribution in [1.29, 1.82) is 0 Å². The van der Waals surface area contributed by atoms with Gasteiger partial charge in [0.15, 0.2) is 0 Å². The van der Waals surface area contributed by atoms with Crippen molar-refractivity contribution in [1.82, 2.24) is 19.2 Å². The maximum Gasteiger partial charge on any atom is 0.254 e. The quantitative estimate of drug-likeness (QED) is 0.653. The number of sulfonamides is 1. The molecule has 1 atom stereocenters. The Labute approximate surface area is 176 Å². The maximum absolute atomic E-state index is 13.3. The van der Waals surface area contributed by atoms with E-state index in [-0.39, 0.29) is 16.8 Å². The zero-order valence-electron chi connectivity index (χ0n) is 17.2. The number of likely N-dealkylation sites (tertiary alicyclic amines) is 1. The van der Waals surface area contributed by atoms with E-state index in [1.165, 1.54) is 10.4 Å². The summed E-state index contributed by atoms with van der Waals surface area (Å²) in [5.41, 5.74) is 2.20. The van der Waals surface area contributed by atoms with Crippen molar-refractivity contribution in [3.05, 3.63) is 59.9 Å². The lowest BCUT2D eigenvalue weighted by atomic mass is 10.1. The van der Waals surface area contributed by atoms with E-state index in [0.717, 1.165) is 29.7 Å². The number of nitrogens with zero attached hydrogens (tertiary/aromatic N) is 3. The summed E-state index contributed by atoms with van der Waals surface area (Å²) in [6, 6.07) is 14.0. The van der Waals surface area contributed by atoms with Crippen LogP contribution in [-0.4, -0.2) is 53.1 Å². The molecule has 2 heterocycles. The second kappa shape index (κ2) is 8.20. The standard InChI is InChI=1S/C22H26N4O3S/c1-3-25(4-2)30(28,29)17-10-7-9-16(15-17)22(27)26-14-8-13-20(26)21-23-18-11-5-6-12-19(18)24-21/h5-7,9-12,15,20H,3-4,8,13-14H2,1-2H3,(H,23,24)/t20-/m1/s1. The second-order valence-electron chi connectivity index (χ2n) is 7.41. The Hall–Kier alpha value is -2.71. The van der Waals surface area contributed by atoms with E-state index in [9.17, 15) is 13.2 Å². The normalized spacial score (nSPS) is 17.2. The number of rotatable bonds is 6. The van der Waals surface area contributed by atoms with Gasteiger partial charge in [0, 0.05) is 25.2 Å². The van der Waals surface area contributed by atoms with Crippen molar-refractivity contribution in [2.24, 2.45) is 0 Å². The number of imidazole rings is 1. The third-order valence-electron chi connectivity index (χ3n) is 5.66. The summed E-state index contributed by atoms with van der Waals surface area (Å²) >= 11 is 0. The molecular formula is C22H26N4O3S. The van der Waals surface area contributed by atoms with Gasteiger partial charge in [0.25, 0.3) is 5.91 Å².